The van der Waals surface area contributed by atoms with Crippen molar-refractivity contribution < 1.29 is 13.6 Å². The zero-order valence-electron chi connectivity index (χ0n) is 7.05. The van der Waals surface area contributed by atoms with Crippen LogP contribution in [0.3, 0.4) is 0 Å². The summed E-state index contributed by atoms with van der Waals surface area (Å²) >= 11 is 0. The van der Waals surface area contributed by atoms with Gasteiger partial charge in [0.2, 0.25) is 0 Å². The minimum atomic E-state index is -1.10. The first kappa shape index (κ1) is 10.4. The zero-order chi connectivity index (χ0) is 8.69. The van der Waals surface area contributed by atoms with Crippen LogP contribution >= 0.6 is 0 Å². The van der Waals surface area contributed by atoms with E-state index < -0.39 is 10.0 Å². The predicted octanol–water partition coefficient (Wildman–Crippen LogP) is 0.531. The molecule has 4 heteroatoms. The van der Waals surface area contributed by atoms with Crippen LogP contribution in [-0.4, -0.2) is 23.1 Å². The summed E-state index contributed by atoms with van der Waals surface area (Å²) < 4.78 is 9.48. The molecule has 0 aliphatic carbocycles. The van der Waals surface area contributed by atoms with Crippen molar-refractivity contribution in [1.82, 2.24) is 0 Å². The lowest BCUT2D eigenvalue weighted by Crippen LogP contribution is -2.11. The molecule has 0 heterocycles. The van der Waals surface area contributed by atoms with E-state index in [1.165, 1.54) is 7.11 Å². The Bertz CT molecular complexity index is 145. The third kappa shape index (κ3) is 4.75. The monoisotopic (exact) mass is 174 g/mol. The van der Waals surface area contributed by atoms with E-state index in [9.17, 15) is 4.79 Å². The van der Waals surface area contributed by atoms with Gasteiger partial charge in [-0.2, -0.15) is 0 Å². The first-order chi connectivity index (χ1) is 5.22. The van der Waals surface area contributed by atoms with Crippen LogP contribution in [0.15, 0.2) is 12.2 Å². The van der Waals surface area contributed by atoms with Gasteiger partial charge in [0.1, 0.15) is 0 Å². The SMILES string of the molecule is C=C(CCC)C(=O)O[SiH2]OC. The van der Waals surface area contributed by atoms with Crippen LogP contribution in [0.2, 0.25) is 0 Å². The van der Waals surface area contributed by atoms with Crippen molar-refractivity contribution in [2.24, 2.45) is 0 Å². The van der Waals surface area contributed by atoms with Crippen molar-refractivity contribution in [1.29, 1.82) is 0 Å². The maximum Gasteiger partial charge on any atom is 0.369 e. The van der Waals surface area contributed by atoms with Crippen LogP contribution in [0.4, 0.5) is 0 Å². The smallest absolute Gasteiger partial charge is 0.369 e. The maximum absolute atomic E-state index is 10.9. The normalized spacial score (nSPS) is 10.4. The van der Waals surface area contributed by atoms with Gasteiger partial charge in [-0.25, -0.2) is 4.79 Å². The molecule has 0 aliphatic heterocycles. The summed E-state index contributed by atoms with van der Waals surface area (Å²) in [6, 6.07) is 0. The molecule has 0 aliphatic rings. The molecule has 0 radical (unpaired) electrons. The topological polar surface area (TPSA) is 35.5 Å². The first-order valence-electron chi connectivity index (χ1n) is 3.56. The van der Waals surface area contributed by atoms with E-state index in [-0.39, 0.29) is 5.97 Å². The van der Waals surface area contributed by atoms with Gasteiger partial charge < -0.3 is 8.85 Å². The fraction of sp³-hybridized carbons (Fsp3) is 0.571. The Morgan fingerprint density at radius 1 is 1.64 bits per heavy atom. The van der Waals surface area contributed by atoms with E-state index in [1.54, 1.807) is 0 Å². The average molecular weight is 174 g/mol. The standard InChI is InChI=1S/C7H14O3Si/c1-4-5-6(2)7(8)10-11-9-3/h2,4-5,11H2,1,3H3. The summed E-state index contributed by atoms with van der Waals surface area (Å²) in [7, 11) is 0.434. The third-order valence-corrected chi connectivity index (χ3v) is 1.76. The van der Waals surface area contributed by atoms with Crippen LogP contribution in [0, 0.1) is 0 Å². The molecule has 0 saturated heterocycles. The highest BCUT2D eigenvalue weighted by molar-refractivity contribution is 6.23. The molecular formula is C7H14O3Si. The Labute approximate surface area is 69.4 Å². The molecule has 0 atom stereocenters. The van der Waals surface area contributed by atoms with Gasteiger partial charge in [0.05, 0.1) is 0 Å². The number of carbonyl (C=O) groups is 1. The molecule has 0 saturated carbocycles. The molecule has 0 rings (SSSR count). The summed E-state index contributed by atoms with van der Waals surface area (Å²) in [6.45, 7) is 5.58. The van der Waals surface area contributed by atoms with E-state index in [4.69, 9.17) is 8.85 Å². The molecule has 0 aromatic carbocycles. The van der Waals surface area contributed by atoms with Crippen LogP contribution in [-0.2, 0) is 13.6 Å². The Morgan fingerprint density at radius 3 is 2.73 bits per heavy atom. The van der Waals surface area contributed by atoms with Crippen LogP contribution in [0.1, 0.15) is 19.8 Å². The van der Waals surface area contributed by atoms with Gasteiger partial charge in [-0.1, -0.05) is 19.9 Å². The third-order valence-electron chi connectivity index (χ3n) is 1.15. The summed E-state index contributed by atoms with van der Waals surface area (Å²) in [5.41, 5.74) is 0.539. The minimum Gasteiger partial charge on any atom is -0.496 e. The fourth-order valence-electron chi connectivity index (χ4n) is 0.618. The Hall–Kier alpha value is -0.613. The van der Waals surface area contributed by atoms with Crippen LogP contribution in [0.5, 0.6) is 0 Å². The van der Waals surface area contributed by atoms with E-state index in [0.29, 0.717) is 12.0 Å². The molecule has 0 aromatic rings. The van der Waals surface area contributed by atoms with Gasteiger partial charge in [0.15, 0.2) is 0 Å². The van der Waals surface area contributed by atoms with Crippen LogP contribution in [0.25, 0.3) is 0 Å². The van der Waals surface area contributed by atoms with Gasteiger partial charge in [-0.15, -0.1) is 0 Å². The molecule has 0 spiro atoms. The Kier molecular flexibility index (Phi) is 5.78. The van der Waals surface area contributed by atoms with E-state index in [1.807, 2.05) is 6.92 Å². The molecule has 0 N–H and O–H groups in total. The van der Waals surface area contributed by atoms with Crippen LogP contribution < -0.4 is 0 Å². The molecule has 0 fully saturated rings. The quantitative estimate of drug-likeness (QED) is 0.450. The molecule has 3 nitrogen and oxygen atoms in total. The summed E-state index contributed by atoms with van der Waals surface area (Å²) in [5.74, 6) is -0.305. The lowest BCUT2D eigenvalue weighted by atomic mass is 10.2. The highest BCUT2D eigenvalue weighted by Gasteiger charge is 2.05. The summed E-state index contributed by atoms with van der Waals surface area (Å²) in [4.78, 5) is 10.9. The first-order valence-corrected chi connectivity index (χ1v) is 4.71. The zero-order valence-corrected chi connectivity index (χ0v) is 8.47. The molecule has 64 valence electrons. The number of carbonyl (C=O) groups excluding carboxylic acids is 1. The van der Waals surface area contributed by atoms with Crippen molar-refractivity contribution in [2.45, 2.75) is 19.8 Å². The van der Waals surface area contributed by atoms with Crippen molar-refractivity contribution in [2.75, 3.05) is 7.11 Å². The van der Waals surface area contributed by atoms with E-state index in [2.05, 4.69) is 6.58 Å². The second-order valence-electron chi connectivity index (χ2n) is 2.19. The molecule has 11 heavy (non-hydrogen) atoms. The Morgan fingerprint density at radius 2 is 2.27 bits per heavy atom. The van der Waals surface area contributed by atoms with Crippen molar-refractivity contribution >= 4 is 16.0 Å². The molecule has 0 bridgehead atoms. The average Bonchev–Trinajstić information content (AvgIpc) is 2.00. The van der Waals surface area contributed by atoms with Gasteiger partial charge in [-0.3, -0.25) is 0 Å². The van der Waals surface area contributed by atoms with Gasteiger partial charge in [0.25, 0.3) is 0 Å². The maximum atomic E-state index is 10.9. The molecular weight excluding hydrogens is 160 g/mol. The van der Waals surface area contributed by atoms with E-state index in [0.717, 1.165) is 6.42 Å². The lowest BCUT2D eigenvalue weighted by molar-refractivity contribution is -0.131. The van der Waals surface area contributed by atoms with Crippen molar-refractivity contribution in [3.8, 4) is 0 Å². The van der Waals surface area contributed by atoms with Gasteiger partial charge >= 0.3 is 16.0 Å². The number of rotatable bonds is 5. The van der Waals surface area contributed by atoms with Crippen molar-refractivity contribution in [3.63, 3.8) is 0 Å². The number of hydrogen-bond donors (Lipinski definition) is 0. The molecule has 0 amide bonds. The fourth-order valence-corrected chi connectivity index (χ4v) is 1.05. The highest BCUT2D eigenvalue weighted by atomic mass is 28.3. The largest absolute Gasteiger partial charge is 0.496 e. The minimum absolute atomic E-state index is 0.305. The molecule has 0 unspecified atom stereocenters. The second kappa shape index (κ2) is 6.12. The molecule has 0 aromatic heterocycles. The van der Waals surface area contributed by atoms with Gasteiger partial charge in [-0.05, 0) is 6.42 Å². The lowest BCUT2D eigenvalue weighted by Gasteiger charge is -2.03. The van der Waals surface area contributed by atoms with E-state index >= 15 is 0 Å². The predicted molar refractivity (Wildman–Crippen MR) is 45.7 cm³/mol. The summed E-state index contributed by atoms with van der Waals surface area (Å²) in [6.07, 6.45) is 1.62. The highest BCUT2D eigenvalue weighted by Crippen LogP contribution is 2.02. The Balaban J connectivity index is 3.56. The van der Waals surface area contributed by atoms with Gasteiger partial charge in [0, 0.05) is 12.7 Å². The van der Waals surface area contributed by atoms with Crippen molar-refractivity contribution in [3.05, 3.63) is 12.2 Å². The summed E-state index contributed by atoms with van der Waals surface area (Å²) in [5, 5.41) is 0. The number of hydrogen-bond acceptors (Lipinski definition) is 3. The second-order valence-corrected chi connectivity index (χ2v) is 3.29.